The van der Waals surface area contributed by atoms with E-state index in [4.69, 9.17) is 0 Å². The first-order valence-electron chi connectivity index (χ1n) is 9.02. The van der Waals surface area contributed by atoms with E-state index < -0.39 is 11.7 Å². The fourth-order valence-electron chi connectivity index (χ4n) is 2.94. The predicted molar refractivity (Wildman–Crippen MR) is 109 cm³/mol. The summed E-state index contributed by atoms with van der Waals surface area (Å²) >= 11 is 0. The maximum absolute atomic E-state index is 13.9. The minimum Gasteiger partial charge on any atom is -0.324 e. The smallest absolute Gasteiger partial charge is 0.258 e. The molecule has 4 nitrogen and oxygen atoms in total. The van der Waals surface area contributed by atoms with Gasteiger partial charge in [-0.1, -0.05) is 48.5 Å². The fraction of sp³-hybridized carbons (Fsp3) is 0.130. The van der Waals surface area contributed by atoms with Gasteiger partial charge in [0.1, 0.15) is 5.82 Å². The van der Waals surface area contributed by atoms with E-state index in [0.29, 0.717) is 18.5 Å². The van der Waals surface area contributed by atoms with Gasteiger partial charge in [0.15, 0.2) is 0 Å². The van der Waals surface area contributed by atoms with Crippen LogP contribution in [0, 0.1) is 5.82 Å². The van der Waals surface area contributed by atoms with E-state index in [1.807, 2.05) is 60.7 Å². The molecule has 0 radical (unpaired) electrons. The maximum atomic E-state index is 13.9. The van der Waals surface area contributed by atoms with Crippen LogP contribution in [0.2, 0.25) is 0 Å². The average molecular weight is 376 g/mol. The lowest BCUT2D eigenvalue weighted by Gasteiger charge is -2.23. The molecule has 0 unspecified atom stereocenters. The van der Waals surface area contributed by atoms with Crippen LogP contribution in [-0.4, -0.2) is 18.4 Å². The van der Waals surface area contributed by atoms with Crippen LogP contribution in [-0.2, 0) is 11.2 Å². The minimum atomic E-state index is -0.581. The van der Waals surface area contributed by atoms with Crippen LogP contribution in [0.25, 0.3) is 0 Å². The Hall–Kier alpha value is -3.47. The summed E-state index contributed by atoms with van der Waals surface area (Å²) in [4.78, 5) is 26.2. The third kappa shape index (κ3) is 4.82. The zero-order chi connectivity index (χ0) is 19.9. The van der Waals surface area contributed by atoms with Crippen molar-refractivity contribution in [2.24, 2.45) is 0 Å². The van der Waals surface area contributed by atoms with Crippen LogP contribution in [0.15, 0.2) is 78.9 Å². The van der Waals surface area contributed by atoms with Crippen molar-refractivity contribution < 1.29 is 14.0 Å². The van der Waals surface area contributed by atoms with Crippen molar-refractivity contribution in [1.29, 1.82) is 0 Å². The summed E-state index contributed by atoms with van der Waals surface area (Å²) in [6, 6.07) is 23.2. The molecule has 0 aromatic heterocycles. The molecule has 0 saturated carbocycles. The highest BCUT2D eigenvalue weighted by atomic mass is 19.1. The second kappa shape index (κ2) is 8.95. The molecule has 0 bridgehead atoms. The Morgan fingerprint density at radius 3 is 2.21 bits per heavy atom. The van der Waals surface area contributed by atoms with Crippen LogP contribution < -0.4 is 10.2 Å². The third-order valence-electron chi connectivity index (χ3n) is 4.30. The van der Waals surface area contributed by atoms with E-state index in [2.05, 4.69) is 5.32 Å². The lowest BCUT2D eigenvalue weighted by molar-refractivity contribution is -0.114. The Kier molecular flexibility index (Phi) is 6.17. The number of para-hydroxylation sites is 1. The molecule has 142 valence electrons. The number of amides is 2. The number of carbonyl (C=O) groups is 2. The van der Waals surface area contributed by atoms with E-state index in [-0.39, 0.29) is 11.6 Å². The summed E-state index contributed by atoms with van der Waals surface area (Å²) in [5.41, 5.74) is 2.18. The summed E-state index contributed by atoms with van der Waals surface area (Å²) in [5, 5.41) is 2.42. The van der Waals surface area contributed by atoms with E-state index in [1.165, 1.54) is 25.1 Å². The number of halogens is 1. The number of hydrogen-bond donors (Lipinski definition) is 1. The van der Waals surface area contributed by atoms with Gasteiger partial charge in [0, 0.05) is 24.7 Å². The Morgan fingerprint density at radius 2 is 1.57 bits per heavy atom. The highest BCUT2D eigenvalue weighted by Crippen LogP contribution is 2.21. The molecule has 0 atom stereocenters. The van der Waals surface area contributed by atoms with Crippen LogP contribution in [0.4, 0.5) is 15.8 Å². The summed E-state index contributed by atoms with van der Waals surface area (Å²) in [7, 11) is 0. The molecule has 0 spiro atoms. The molecule has 0 aliphatic heterocycles. The number of nitrogens with one attached hydrogen (secondary N) is 1. The Morgan fingerprint density at radius 1 is 0.929 bits per heavy atom. The number of nitrogens with zero attached hydrogens (tertiary/aromatic N) is 1. The molecular formula is C23H21FN2O2. The molecule has 0 aliphatic carbocycles. The molecular weight excluding hydrogens is 355 g/mol. The number of benzene rings is 3. The molecule has 0 aliphatic rings. The summed E-state index contributed by atoms with van der Waals surface area (Å²) in [6.07, 6.45) is 0.682. The molecule has 1 N–H and O–H groups in total. The van der Waals surface area contributed by atoms with Crippen molar-refractivity contribution >= 4 is 23.2 Å². The second-order valence-electron chi connectivity index (χ2n) is 6.40. The molecule has 28 heavy (non-hydrogen) atoms. The Balaban J connectivity index is 1.89. The summed E-state index contributed by atoms with van der Waals surface area (Å²) in [6.45, 7) is 1.77. The quantitative estimate of drug-likeness (QED) is 0.679. The monoisotopic (exact) mass is 376 g/mol. The highest BCUT2D eigenvalue weighted by molar-refractivity contribution is 6.07. The average Bonchev–Trinajstić information content (AvgIpc) is 2.71. The maximum Gasteiger partial charge on any atom is 0.258 e. The number of rotatable bonds is 6. The number of anilines is 2. The minimum absolute atomic E-state index is 0.00517. The molecule has 0 fully saturated rings. The summed E-state index contributed by atoms with van der Waals surface area (Å²) in [5.74, 6) is -1.23. The number of carbonyl (C=O) groups excluding carboxylic acids is 2. The zero-order valence-corrected chi connectivity index (χ0v) is 15.6. The van der Waals surface area contributed by atoms with Crippen molar-refractivity contribution in [3.8, 4) is 0 Å². The second-order valence-corrected chi connectivity index (χ2v) is 6.40. The zero-order valence-electron chi connectivity index (χ0n) is 15.6. The van der Waals surface area contributed by atoms with E-state index >= 15 is 0 Å². The van der Waals surface area contributed by atoms with Crippen molar-refractivity contribution in [1.82, 2.24) is 0 Å². The predicted octanol–water partition coefficient (Wildman–Crippen LogP) is 4.67. The first-order chi connectivity index (χ1) is 13.5. The van der Waals surface area contributed by atoms with Crippen LogP contribution in [0.5, 0.6) is 0 Å². The lowest BCUT2D eigenvalue weighted by Crippen LogP contribution is -2.33. The van der Waals surface area contributed by atoms with Gasteiger partial charge in [-0.3, -0.25) is 9.59 Å². The molecule has 3 rings (SSSR count). The topological polar surface area (TPSA) is 49.4 Å². The van der Waals surface area contributed by atoms with Gasteiger partial charge in [0.2, 0.25) is 5.91 Å². The summed E-state index contributed by atoms with van der Waals surface area (Å²) < 4.78 is 13.9. The standard InChI is InChI=1S/C23H21FN2O2/c1-17(27)25-22-16-19(12-13-21(22)24)23(28)26(20-10-6-3-7-11-20)15-14-18-8-4-2-5-9-18/h2-13,16H,14-15H2,1H3,(H,25,27). The van der Waals surface area contributed by atoms with E-state index in [0.717, 1.165) is 11.3 Å². The van der Waals surface area contributed by atoms with E-state index in [1.54, 1.807) is 4.90 Å². The SMILES string of the molecule is CC(=O)Nc1cc(C(=O)N(CCc2ccccc2)c2ccccc2)ccc1F. The third-order valence-corrected chi connectivity index (χ3v) is 4.30. The van der Waals surface area contributed by atoms with Gasteiger partial charge >= 0.3 is 0 Å². The van der Waals surface area contributed by atoms with Gasteiger partial charge in [-0.05, 0) is 42.3 Å². The van der Waals surface area contributed by atoms with Crippen LogP contribution in [0.3, 0.4) is 0 Å². The van der Waals surface area contributed by atoms with Gasteiger partial charge in [-0.15, -0.1) is 0 Å². The van der Waals surface area contributed by atoms with Gasteiger partial charge in [-0.2, -0.15) is 0 Å². The van der Waals surface area contributed by atoms with Gasteiger partial charge in [-0.25, -0.2) is 4.39 Å². The highest BCUT2D eigenvalue weighted by Gasteiger charge is 2.19. The molecule has 0 saturated heterocycles. The Labute approximate surface area is 163 Å². The van der Waals surface area contributed by atoms with E-state index in [9.17, 15) is 14.0 Å². The van der Waals surface area contributed by atoms with Crippen molar-refractivity contribution in [3.05, 3.63) is 95.8 Å². The molecule has 0 heterocycles. The fourth-order valence-corrected chi connectivity index (χ4v) is 2.94. The first kappa shape index (κ1) is 19.3. The van der Waals surface area contributed by atoms with Gasteiger partial charge < -0.3 is 10.2 Å². The van der Waals surface area contributed by atoms with Gasteiger partial charge in [0.25, 0.3) is 5.91 Å². The van der Waals surface area contributed by atoms with Gasteiger partial charge in [0.05, 0.1) is 5.69 Å². The van der Waals surface area contributed by atoms with Crippen molar-refractivity contribution in [3.63, 3.8) is 0 Å². The Bertz CT molecular complexity index is 959. The van der Waals surface area contributed by atoms with Crippen LogP contribution >= 0.6 is 0 Å². The molecule has 3 aromatic carbocycles. The largest absolute Gasteiger partial charge is 0.324 e. The van der Waals surface area contributed by atoms with Crippen LogP contribution in [0.1, 0.15) is 22.8 Å². The van der Waals surface area contributed by atoms with Crippen molar-refractivity contribution in [2.75, 3.05) is 16.8 Å². The molecule has 5 heteroatoms. The normalized spacial score (nSPS) is 10.4. The lowest BCUT2D eigenvalue weighted by atomic mass is 10.1. The van der Waals surface area contributed by atoms with Crippen molar-refractivity contribution in [2.45, 2.75) is 13.3 Å². The first-order valence-corrected chi connectivity index (χ1v) is 9.02. The molecule has 2 amide bonds. The number of hydrogen-bond acceptors (Lipinski definition) is 2. The molecule has 3 aromatic rings.